The van der Waals surface area contributed by atoms with Gasteiger partial charge in [-0.1, -0.05) is 12.8 Å². The predicted octanol–water partition coefficient (Wildman–Crippen LogP) is 1.61. The standard InChI is InChI=1S/C20H28N2O8/c1-12-15(26-3)8-6-5-7-14(20(25)30-12)22-19(24)17-18(29-11-28-13(2)23)16(27-4)9-10-21-17/h9-10,12,14-15H,5-8,11H2,1-4H3,(H,22,24)/t12-,14-,15+/m0/s1. The van der Waals surface area contributed by atoms with Crippen LogP contribution in [-0.4, -0.2) is 62.1 Å². The number of hydrogen-bond acceptors (Lipinski definition) is 9. The molecule has 1 N–H and O–H groups in total. The summed E-state index contributed by atoms with van der Waals surface area (Å²) in [6, 6.07) is 0.658. The number of esters is 2. The van der Waals surface area contributed by atoms with Crippen LogP contribution in [0, 0.1) is 0 Å². The largest absolute Gasteiger partial charge is 0.493 e. The van der Waals surface area contributed by atoms with Crippen molar-refractivity contribution in [2.24, 2.45) is 0 Å². The Bertz CT molecular complexity index is 754. The Hall–Kier alpha value is -2.88. The average molecular weight is 424 g/mol. The highest BCUT2D eigenvalue weighted by molar-refractivity contribution is 5.98. The van der Waals surface area contributed by atoms with Crippen molar-refractivity contribution in [1.29, 1.82) is 0 Å². The highest BCUT2D eigenvalue weighted by Gasteiger charge is 2.30. The van der Waals surface area contributed by atoms with E-state index < -0.39 is 36.8 Å². The third-order valence-electron chi connectivity index (χ3n) is 4.72. The molecule has 1 fully saturated rings. The lowest BCUT2D eigenvalue weighted by molar-refractivity contribution is -0.157. The number of amides is 1. The Morgan fingerprint density at radius 3 is 2.67 bits per heavy atom. The molecule has 10 nitrogen and oxygen atoms in total. The molecule has 0 aliphatic carbocycles. The Labute approximate surface area is 175 Å². The smallest absolute Gasteiger partial charge is 0.329 e. The van der Waals surface area contributed by atoms with Crippen molar-refractivity contribution < 1.29 is 38.1 Å². The zero-order chi connectivity index (χ0) is 22.1. The first-order valence-electron chi connectivity index (χ1n) is 9.70. The van der Waals surface area contributed by atoms with Crippen LogP contribution >= 0.6 is 0 Å². The molecule has 0 aromatic carbocycles. The molecule has 1 amide bonds. The van der Waals surface area contributed by atoms with Crippen LogP contribution in [0.3, 0.4) is 0 Å². The fraction of sp³-hybridized carbons (Fsp3) is 0.600. The van der Waals surface area contributed by atoms with Crippen molar-refractivity contribution in [2.75, 3.05) is 21.0 Å². The van der Waals surface area contributed by atoms with E-state index in [9.17, 15) is 14.4 Å². The van der Waals surface area contributed by atoms with Crippen LogP contribution in [0.4, 0.5) is 0 Å². The quantitative estimate of drug-likeness (QED) is 0.514. The molecule has 0 saturated carbocycles. The predicted molar refractivity (Wildman–Crippen MR) is 104 cm³/mol. The van der Waals surface area contributed by atoms with Crippen LogP contribution < -0.4 is 14.8 Å². The van der Waals surface area contributed by atoms with Crippen molar-refractivity contribution >= 4 is 17.8 Å². The molecular weight excluding hydrogens is 396 g/mol. The minimum absolute atomic E-state index is 0.00278. The van der Waals surface area contributed by atoms with E-state index in [0.717, 1.165) is 12.8 Å². The van der Waals surface area contributed by atoms with Crippen molar-refractivity contribution in [2.45, 2.75) is 57.8 Å². The molecule has 1 aliphatic heterocycles. The molecule has 1 saturated heterocycles. The molecule has 0 bridgehead atoms. The molecule has 1 aromatic heterocycles. The molecule has 10 heteroatoms. The Morgan fingerprint density at radius 1 is 1.27 bits per heavy atom. The second-order valence-electron chi connectivity index (χ2n) is 6.82. The molecule has 0 radical (unpaired) electrons. The maximum atomic E-state index is 12.9. The average Bonchev–Trinajstić information content (AvgIpc) is 2.77. The zero-order valence-corrected chi connectivity index (χ0v) is 17.6. The maximum Gasteiger partial charge on any atom is 0.329 e. The number of pyridine rings is 1. The monoisotopic (exact) mass is 424 g/mol. The van der Waals surface area contributed by atoms with Gasteiger partial charge in [-0.3, -0.25) is 9.59 Å². The summed E-state index contributed by atoms with van der Waals surface area (Å²) in [6.07, 6.45) is 3.48. The van der Waals surface area contributed by atoms with Gasteiger partial charge in [0.15, 0.2) is 17.2 Å². The van der Waals surface area contributed by atoms with Gasteiger partial charge in [0.25, 0.3) is 5.91 Å². The van der Waals surface area contributed by atoms with E-state index in [1.165, 1.54) is 26.3 Å². The first kappa shape index (κ1) is 23.4. The summed E-state index contributed by atoms with van der Waals surface area (Å²) in [7, 11) is 2.98. The fourth-order valence-corrected chi connectivity index (χ4v) is 3.12. The van der Waals surface area contributed by atoms with Crippen LogP contribution in [0.2, 0.25) is 0 Å². The lowest BCUT2D eigenvalue weighted by atomic mass is 10.1. The lowest BCUT2D eigenvalue weighted by Crippen LogP contribution is -2.44. The first-order valence-corrected chi connectivity index (χ1v) is 9.70. The number of carbonyl (C=O) groups excluding carboxylic acids is 3. The normalized spacial score (nSPS) is 22.0. The number of hydrogen-bond donors (Lipinski definition) is 1. The number of cyclic esters (lactones) is 1. The van der Waals surface area contributed by atoms with E-state index in [0.29, 0.717) is 12.8 Å². The lowest BCUT2D eigenvalue weighted by Gasteiger charge is -2.23. The minimum Gasteiger partial charge on any atom is -0.493 e. The molecule has 30 heavy (non-hydrogen) atoms. The van der Waals surface area contributed by atoms with Crippen LogP contribution in [0.25, 0.3) is 0 Å². The molecule has 3 atom stereocenters. The number of methoxy groups -OCH3 is 2. The molecular formula is C20H28N2O8. The maximum absolute atomic E-state index is 12.9. The van der Waals surface area contributed by atoms with E-state index in [1.54, 1.807) is 14.0 Å². The van der Waals surface area contributed by atoms with Gasteiger partial charge in [-0.2, -0.15) is 0 Å². The van der Waals surface area contributed by atoms with Gasteiger partial charge >= 0.3 is 11.9 Å². The van der Waals surface area contributed by atoms with E-state index in [2.05, 4.69) is 10.3 Å². The number of aromatic nitrogens is 1. The zero-order valence-electron chi connectivity index (χ0n) is 17.6. The summed E-state index contributed by atoms with van der Waals surface area (Å²) in [5.41, 5.74) is -0.100. The summed E-state index contributed by atoms with van der Waals surface area (Å²) in [6.45, 7) is 2.58. The minimum atomic E-state index is -0.843. The van der Waals surface area contributed by atoms with Gasteiger partial charge in [-0.05, 0) is 19.8 Å². The number of carbonyl (C=O) groups is 3. The summed E-state index contributed by atoms with van der Waals surface area (Å²) in [5.74, 6) is -1.48. The number of nitrogens with one attached hydrogen (secondary N) is 1. The summed E-state index contributed by atoms with van der Waals surface area (Å²) in [5, 5.41) is 2.66. The van der Waals surface area contributed by atoms with Crippen LogP contribution in [0.5, 0.6) is 11.5 Å². The molecule has 1 aromatic rings. The van der Waals surface area contributed by atoms with Crippen LogP contribution in [0.15, 0.2) is 12.3 Å². The molecule has 2 heterocycles. The highest BCUT2D eigenvalue weighted by Crippen LogP contribution is 2.29. The van der Waals surface area contributed by atoms with Crippen molar-refractivity contribution in [3.63, 3.8) is 0 Å². The SMILES string of the molecule is COc1ccnc(C(=O)N[C@H]2CCCC[C@@H](OC)[C@H](C)OC2=O)c1OCOC(C)=O. The summed E-state index contributed by atoms with van der Waals surface area (Å²) in [4.78, 5) is 40.5. The Balaban J connectivity index is 2.17. The van der Waals surface area contributed by atoms with Gasteiger partial charge < -0.3 is 29.0 Å². The summed E-state index contributed by atoms with van der Waals surface area (Å²) < 4.78 is 26.2. The second-order valence-corrected chi connectivity index (χ2v) is 6.82. The molecule has 0 unspecified atom stereocenters. The van der Waals surface area contributed by atoms with E-state index in [1.807, 2.05) is 0 Å². The Kier molecular flexibility index (Phi) is 8.85. The fourth-order valence-electron chi connectivity index (χ4n) is 3.12. The van der Waals surface area contributed by atoms with Gasteiger partial charge in [0.2, 0.25) is 6.79 Å². The molecule has 166 valence electrons. The second kappa shape index (κ2) is 11.3. The van der Waals surface area contributed by atoms with E-state index in [4.69, 9.17) is 23.7 Å². The molecule has 2 rings (SSSR count). The number of ether oxygens (including phenoxy) is 5. The van der Waals surface area contributed by atoms with Crippen LogP contribution in [-0.2, 0) is 23.8 Å². The summed E-state index contributed by atoms with van der Waals surface area (Å²) >= 11 is 0. The van der Waals surface area contributed by atoms with Gasteiger partial charge in [-0.15, -0.1) is 0 Å². The first-order chi connectivity index (χ1) is 14.4. The number of nitrogens with zero attached hydrogens (tertiary/aromatic N) is 1. The molecule has 0 spiro atoms. The van der Waals surface area contributed by atoms with Gasteiger partial charge in [0, 0.05) is 26.3 Å². The molecule has 1 aliphatic rings. The van der Waals surface area contributed by atoms with E-state index in [-0.39, 0.29) is 23.3 Å². The van der Waals surface area contributed by atoms with Gasteiger partial charge in [0.1, 0.15) is 12.1 Å². The van der Waals surface area contributed by atoms with Gasteiger partial charge in [-0.25, -0.2) is 9.78 Å². The van der Waals surface area contributed by atoms with E-state index >= 15 is 0 Å². The Morgan fingerprint density at radius 2 is 2.00 bits per heavy atom. The number of rotatable bonds is 7. The topological polar surface area (TPSA) is 122 Å². The highest BCUT2D eigenvalue weighted by atomic mass is 16.7. The van der Waals surface area contributed by atoms with Gasteiger partial charge in [0.05, 0.1) is 13.2 Å². The van der Waals surface area contributed by atoms with Crippen molar-refractivity contribution in [3.8, 4) is 11.5 Å². The third kappa shape index (κ3) is 6.31. The van der Waals surface area contributed by atoms with Crippen LogP contribution in [0.1, 0.15) is 50.0 Å². The van der Waals surface area contributed by atoms with Crippen molar-refractivity contribution in [1.82, 2.24) is 10.3 Å². The van der Waals surface area contributed by atoms with Crippen molar-refractivity contribution in [3.05, 3.63) is 18.0 Å². The third-order valence-corrected chi connectivity index (χ3v) is 4.72.